The highest BCUT2D eigenvalue weighted by atomic mass is 16.2. The molecule has 1 aromatic rings. The van der Waals surface area contributed by atoms with Crippen LogP contribution in [0.5, 0.6) is 0 Å². The van der Waals surface area contributed by atoms with E-state index in [0.29, 0.717) is 13.1 Å². The first-order chi connectivity index (χ1) is 6.52. The Morgan fingerprint density at radius 1 is 1.36 bits per heavy atom. The summed E-state index contributed by atoms with van der Waals surface area (Å²) in [4.78, 5) is 24.8. The van der Waals surface area contributed by atoms with Crippen LogP contribution >= 0.6 is 0 Å². The summed E-state index contributed by atoms with van der Waals surface area (Å²) in [5, 5.41) is 0. The molecule has 0 fully saturated rings. The average molecular weight is 197 g/mol. The van der Waals surface area contributed by atoms with Crippen molar-refractivity contribution in [1.82, 2.24) is 14.0 Å². The largest absolute Gasteiger partial charge is 0.330 e. The first-order valence-electron chi connectivity index (χ1n) is 4.43. The molecule has 5 nitrogen and oxygen atoms in total. The second-order valence-corrected chi connectivity index (χ2v) is 3.50. The van der Waals surface area contributed by atoms with Crippen LogP contribution in [0.15, 0.2) is 21.9 Å². The van der Waals surface area contributed by atoms with Crippen LogP contribution in [0.1, 0.15) is 0 Å². The standard InChI is InChI=1S/C9H15N3O2/c1-10(2)6-7-12-8(13)4-5-11(3)9(12)14/h4-5H,6-7H2,1-3H3. The van der Waals surface area contributed by atoms with Crippen molar-refractivity contribution in [3.63, 3.8) is 0 Å². The van der Waals surface area contributed by atoms with Crippen LogP contribution in [0, 0.1) is 0 Å². The van der Waals surface area contributed by atoms with Gasteiger partial charge in [-0.2, -0.15) is 0 Å². The normalized spacial score (nSPS) is 10.9. The van der Waals surface area contributed by atoms with Gasteiger partial charge >= 0.3 is 5.69 Å². The highest BCUT2D eigenvalue weighted by molar-refractivity contribution is 4.85. The van der Waals surface area contributed by atoms with Crippen molar-refractivity contribution in [2.24, 2.45) is 7.05 Å². The maximum Gasteiger partial charge on any atom is 0.330 e. The molecule has 0 aliphatic rings. The Balaban J connectivity index is 3.02. The maximum atomic E-state index is 11.5. The molecule has 0 aromatic carbocycles. The highest BCUT2D eigenvalue weighted by Gasteiger charge is 2.02. The van der Waals surface area contributed by atoms with Crippen molar-refractivity contribution in [1.29, 1.82) is 0 Å². The van der Waals surface area contributed by atoms with Crippen molar-refractivity contribution in [3.8, 4) is 0 Å². The zero-order chi connectivity index (χ0) is 10.7. The topological polar surface area (TPSA) is 47.2 Å². The summed E-state index contributed by atoms with van der Waals surface area (Å²) in [5.74, 6) is 0. The molecular weight excluding hydrogens is 182 g/mol. The Labute approximate surface area is 82.2 Å². The Morgan fingerprint density at radius 3 is 2.57 bits per heavy atom. The van der Waals surface area contributed by atoms with Crippen LogP contribution in [0.2, 0.25) is 0 Å². The van der Waals surface area contributed by atoms with Crippen LogP contribution in [0.3, 0.4) is 0 Å². The molecule has 78 valence electrons. The van der Waals surface area contributed by atoms with E-state index in [2.05, 4.69) is 0 Å². The van der Waals surface area contributed by atoms with Gasteiger partial charge in [0.2, 0.25) is 0 Å². The zero-order valence-corrected chi connectivity index (χ0v) is 8.73. The summed E-state index contributed by atoms with van der Waals surface area (Å²) in [7, 11) is 5.44. The molecule has 5 heteroatoms. The number of nitrogens with zero attached hydrogens (tertiary/aromatic N) is 3. The van der Waals surface area contributed by atoms with Gasteiger partial charge in [-0.05, 0) is 14.1 Å². The number of aromatic nitrogens is 2. The number of hydrogen-bond donors (Lipinski definition) is 0. The van der Waals surface area contributed by atoms with E-state index in [1.165, 1.54) is 21.4 Å². The Kier molecular flexibility index (Phi) is 3.24. The third kappa shape index (κ3) is 2.32. The lowest BCUT2D eigenvalue weighted by Gasteiger charge is -2.10. The maximum absolute atomic E-state index is 11.5. The summed E-state index contributed by atoms with van der Waals surface area (Å²) in [6.07, 6.45) is 1.48. The lowest BCUT2D eigenvalue weighted by Crippen LogP contribution is -2.40. The second kappa shape index (κ2) is 4.23. The fourth-order valence-electron chi connectivity index (χ4n) is 1.12. The van der Waals surface area contributed by atoms with Crippen molar-refractivity contribution >= 4 is 0 Å². The Morgan fingerprint density at radius 2 is 2.00 bits per heavy atom. The van der Waals surface area contributed by atoms with E-state index in [4.69, 9.17) is 0 Å². The van der Waals surface area contributed by atoms with Gasteiger partial charge in [0.25, 0.3) is 5.56 Å². The fourth-order valence-corrected chi connectivity index (χ4v) is 1.12. The summed E-state index contributed by atoms with van der Waals surface area (Å²) in [6.45, 7) is 1.11. The molecule has 1 aromatic heterocycles. The highest BCUT2D eigenvalue weighted by Crippen LogP contribution is 1.78. The summed E-state index contributed by atoms with van der Waals surface area (Å²) in [6, 6.07) is 1.40. The van der Waals surface area contributed by atoms with Gasteiger partial charge in [0.1, 0.15) is 0 Å². The third-order valence-corrected chi connectivity index (χ3v) is 2.01. The van der Waals surface area contributed by atoms with Crippen LogP contribution in [-0.4, -0.2) is 34.7 Å². The zero-order valence-electron chi connectivity index (χ0n) is 8.73. The van der Waals surface area contributed by atoms with E-state index >= 15 is 0 Å². The predicted molar refractivity (Wildman–Crippen MR) is 54.5 cm³/mol. The quantitative estimate of drug-likeness (QED) is 0.631. The number of aryl methyl sites for hydroxylation is 1. The SMILES string of the molecule is CN(C)CCn1c(=O)ccn(C)c1=O. The average Bonchev–Trinajstić information content (AvgIpc) is 2.11. The molecule has 0 saturated heterocycles. The van der Waals surface area contributed by atoms with Crippen LogP contribution in [0.4, 0.5) is 0 Å². The molecule has 0 radical (unpaired) electrons. The minimum atomic E-state index is -0.264. The van der Waals surface area contributed by atoms with E-state index in [9.17, 15) is 9.59 Å². The van der Waals surface area contributed by atoms with Gasteiger partial charge < -0.3 is 9.47 Å². The van der Waals surface area contributed by atoms with Gasteiger partial charge in [-0.15, -0.1) is 0 Å². The number of rotatable bonds is 3. The van der Waals surface area contributed by atoms with Gasteiger partial charge in [0.15, 0.2) is 0 Å². The fraction of sp³-hybridized carbons (Fsp3) is 0.556. The molecule has 0 bridgehead atoms. The monoisotopic (exact) mass is 197 g/mol. The van der Waals surface area contributed by atoms with E-state index in [1.807, 2.05) is 19.0 Å². The summed E-state index contributed by atoms with van der Waals surface area (Å²) >= 11 is 0. The molecule has 0 N–H and O–H groups in total. The van der Waals surface area contributed by atoms with Gasteiger partial charge in [-0.25, -0.2) is 4.79 Å². The smallest absolute Gasteiger partial charge is 0.308 e. The van der Waals surface area contributed by atoms with E-state index in [0.717, 1.165) is 0 Å². The molecule has 0 unspecified atom stereocenters. The van der Waals surface area contributed by atoms with Crippen molar-refractivity contribution < 1.29 is 0 Å². The van der Waals surface area contributed by atoms with Crippen molar-refractivity contribution in [2.45, 2.75) is 6.54 Å². The van der Waals surface area contributed by atoms with Gasteiger partial charge in [0.05, 0.1) is 0 Å². The molecule has 0 atom stereocenters. The Hall–Kier alpha value is -1.36. The lowest BCUT2D eigenvalue weighted by molar-refractivity contribution is 0.374. The number of hydrogen-bond acceptors (Lipinski definition) is 3. The van der Waals surface area contributed by atoms with E-state index in [1.54, 1.807) is 7.05 Å². The van der Waals surface area contributed by atoms with Crippen LogP contribution < -0.4 is 11.2 Å². The molecule has 0 spiro atoms. The molecular formula is C9H15N3O2. The summed E-state index contributed by atoms with van der Waals surface area (Å²) in [5.41, 5.74) is -0.505. The lowest BCUT2D eigenvalue weighted by atomic mass is 10.5. The van der Waals surface area contributed by atoms with E-state index in [-0.39, 0.29) is 11.2 Å². The van der Waals surface area contributed by atoms with Crippen LogP contribution in [0.25, 0.3) is 0 Å². The van der Waals surface area contributed by atoms with Crippen LogP contribution in [-0.2, 0) is 13.6 Å². The van der Waals surface area contributed by atoms with Crippen molar-refractivity contribution in [2.75, 3.05) is 20.6 Å². The first kappa shape index (κ1) is 10.7. The molecule has 1 rings (SSSR count). The second-order valence-electron chi connectivity index (χ2n) is 3.50. The molecule has 0 amide bonds. The van der Waals surface area contributed by atoms with Gasteiger partial charge in [-0.3, -0.25) is 9.36 Å². The molecule has 14 heavy (non-hydrogen) atoms. The van der Waals surface area contributed by atoms with Gasteiger partial charge in [0, 0.05) is 32.4 Å². The summed E-state index contributed by atoms with van der Waals surface area (Å²) < 4.78 is 2.64. The van der Waals surface area contributed by atoms with E-state index < -0.39 is 0 Å². The minimum absolute atomic E-state index is 0.241. The predicted octanol–water partition coefficient (Wildman–Crippen LogP) is -0.891. The molecule has 0 saturated carbocycles. The number of likely N-dealkylation sites (N-methyl/N-ethyl adjacent to an activating group) is 1. The van der Waals surface area contributed by atoms with Gasteiger partial charge in [-0.1, -0.05) is 0 Å². The van der Waals surface area contributed by atoms with Crippen molar-refractivity contribution in [3.05, 3.63) is 33.1 Å². The Bertz CT molecular complexity index is 417. The minimum Gasteiger partial charge on any atom is -0.308 e. The molecule has 1 heterocycles. The molecule has 0 aliphatic carbocycles. The molecule has 0 aliphatic heterocycles. The first-order valence-corrected chi connectivity index (χ1v) is 4.43. The third-order valence-electron chi connectivity index (χ3n) is 2.01.